The lowest BCUT2D eigenvalue weighted by atomic mass is 10.0. The fourth-order valence-electron chi connectivity index (χ4n) is 3.03. The third-order valence-corrected chi connectivity index (χ3v) is 4.28. The number of nitrogens with zero attached hydrogens (tertiary/aromatic N) is 2. The van der Waals surface area contributed by atoms with Crippen molar-refractivity contribution in [1.82, 2.24) is 10.2 Å². The highest BCUT2D eigenvalue weighted by Gasteiger charge is 2.45. The number of nitriles is 1. The molecule has 0 saturated carbocycles. The molecule has 0 bridgehead atoms. The second-order valence-electron chi connectivity index (χ2n) is 5.99. The number of imide groups is 2. The molecule has 1 aromatic rings. The summed E-state index contributed by atoms with van der Waals surface area (Å²) >= 11 is 0. The van der Waals surface area contributed by atoms with Crippen molar-refractivity contribution in [1.29, 1.82) is 5.26 Å². The van der Waals surface area contributed by atoms with Gasteiger partial charge in [0.2, 0.25) is 11.8 Å². The van der Waals surface area contributed by atoms with Crippen LogP contribution in [0, 0.1) is 23.2 Å². The smallest absolute Gasteiger partial charge is 0.263 e. The molecule has 130 valence electrons. The Bertz CT molecular complexity index is 917. The van der Waals surface area contributed by atoms with E-state index in [0.29, 0.717) is 24.8 Å². The van der Waals surface area contributed by atoms with Gasteiger partial charge in [-0.25, -0.2) is 0 Å². The van der Waals surface area contributed by atoms with Crippen molar-refractivity contribution in [2.24, 2.45) is 0 Å². The summed E-state index contributed by atoms with van der Waals surface area (Å²) in [6.07, 6.45) is 1.74. The summed E-state index contributed by atoms with van der Waals surface area (Å²) in [7, 11) is 0. The average molecular weight is 349 g/mol. The predicted octanol–water partition coefficient (Wildman–Crippen LogP) is 1.13. The van der Waals surface area contributed by atoms with Gasteiger partial charge in [-0.3, -0.25) is 29.4 Å². The first-order chi connectivity index (χ1) is 12.5. The van der Waals surface area contributed by atoms with Gasteiger partial charge >= 0.3 is 0 Å². The van der Waals surface area contributed by atoms with E-state index in [2.05, 4.69) is 17.2 Å². The maximum Gasteiger partial charge on any atom is 0.263 e. The Morgan fingerprint density at radius 2 is 1.96 bits per heavy atom. The molecule has 0 aliphatic carbocycles. The van der Waals surface area contributed by atoms with E-state index in [1.54, 1.807) is 12.1 Å². The Balaban J connectivity index is 1.88. The number of hydrogen-bond acceptors (Lipinski definition) is 5. The van der Waals surface area contributed by atoms with Gasteiger partial charge in [0, 0.05) is 24.8 Å². The SMILES string of the molecule is N#CCCCC#Cc1cccc2c1C(=O)N(C1CCC(=O)NC1=O)C2=O. The summed E-state index contributed by atoms with van der Waals surface area (Å²) in [5, 5.41) is 10.7. The molecule has 1 unspecified atom stereocenters. The lowest BCUT2D eigenvalue weighted by Gasteiger charge is -2.27. The predicted molar refractivity (Wildman–Crippen MR) is 89.5 cm³/mol. The third-order valence-electron chi connectivity index (χ3n) is 4.28. The molecule has 0 aromatic heterocycles. The summed E-state index contributed by atoms with van der Waals surface area (Å²) in [4.78, 5) is 49.8. The zero-order chi connectivity index (χ0) is 18.7. The van der Waals surface area contributed by atoms with Crippen LogP contribution in [-0.4, -0.2) is 34.6 Å². The van der Waals surface area contributed by atoms with E-state index in [0.717, 1.165) is 4.90 Å². The second-order valence-corrected chi connectivity index (χ2v) is 5.99. The van der Waals surface area contributed by atoms with E-state index in [1.807, 2.05) is 6.07 Å². The third kappa shape index (κ3) is 3.07. The van der Waals surface area contributed by atoms with Gasteiger partial charge in [-0.2, -0.15) is 5.26 Å². The number of benzene rings is 1. The summed E-state index contributed by atoms with van der Waals surface area (Å²) in [5.41, 5.74) is 0.825. The van der Waals surface area contributed by atoms with Crippen molar-refractivity contribution in [2.45, 2.75) is 38.1 Å². The molecule has 7 nitrogen and oxygen atoms in total. The molecule has 2 heterocycles. The highest BCUT2D eigenvalue weighted by molar-refractivity contribution is 6.24. The first-order valence-electron chi connectivity index (χ1n) is 8.25. The largest absolute Gasteiger partial charge is 0.295 e. The minimum Gasteiger partial charge on any atom is -0.295 e. The van der Waals surface area contributed by atoms with Gasteiger partial charge < -0.3 is 0 Å². The molecule has 1 atom stereocenters. The number of amides is 4. The lowest BCUT2D eigenvalue weighted by molar-refractivity contribution is -0.136. The van der Waals surface area contributed by atoms with Crippen LogP contribution in [0.3, 0.4) is 0 Å². The molecule has 7 heteroatoms. The van der Waals surface area contributed by atoms with Crippen LogP contribution in [0.4, 0.5) is 0 Å². The Labute approximate surface area is 150 Å². The normalized spacial score (nSPS) is 18.7. The molecule has 4 amide bonds. The van der Waals surface area contributed by atoms with Gasteiger partial charge in [0.15, 0.2) is 0 Å². The highest BCUT2D eigenvalue weighted by atomic mass is 16.2. The van der Waals surface area contributed by atoms with Crippen LogP contribution in [0.1, 0.15) is 58.4 Å². The number of carbonyl (C=O) groups is 4. The minimum atomic E-state index is -0.989. The molecule has 3 rings (SSSR count). The van der Waals surface area contributed by atoms with Gasteiger partial charge in [0.1, 0.15) is 6.04 Å². The van der Waals surface area contributed by atoms with Crippen LogP contribution in [-0.2, 0) is 9.59 Å². The number of rotatable bonds is 3. The fourth-order valence-corrected chi connectivity index (χ4v) is 3.03. The summed E-state index contributed by atoms with van der Waals surface area (Å²) in [6.45, 7) is 0. The standard InChI is InChI=1S/C19H15N3O4/c20-11-4-2-1-3-6-12-7-5-8-13-16(12)19(26)22(18(13)25)14-9-10-15(23)21-17(14)24/h5,7-8,14H,1-2,4,9-10H2,(H,21,23,24). The van der Waals surface area contributed by atoms with E-state index in [9.17, 15) is 19.2 Å². The Morgan fingerprint density at radius 3 is 2.69 bits per heavy atom. The topological polar surface area (TPSA) is 107 Å². The first kappa shape index (κ1) is 17.4. The van der Waals surface area contributed by atoms with E-state index in [-0.39, 0.29) is 24.0 Å². The van der Waals surface area contributed by atoms with E-state index < -0.39 is 29.7 Å². The number of fused-ring (bicyclic) bond motifs is 1. The summed E-state index contributed by atoms with van der Waals surface area (Å²) in [5.74, 6) is 3.62. The van der Waals surface area contributed by atoms with Crippen molar-refractivity contribution < 1.29 is 19.2 Å². The monoisotopic (exact) mass is 349 g/mol. The second kappa shape index (κ2) is 7.20. The van der Waals surface area contributed by atoms with Crippen LogP contribution in [0.15, 0.2) is 18.2 Å². The molecule has 2 aliphatic rings. The molecular formula is C19H15N3O4. The quantitative estimate of drug-likeness (QED) is 0.500. The van der Waals surface area contributed by atoms with Gasteiger partial charge in [0.05, 0.1) is 17.2 Å². The summed E-state index contributed by atoms with van der Waals surface area (Å²) < 4.78 is 0. The number of nitrogens with one attached hydrogen (secondary N) is 1. The van der Waals surface area contributed by atoms with Crippen molar-refractivity contribution in [3.8, 4) is 17.9 Å². The zero-order valence-electron chi connectivity index (χ0n) is 13.9. The average Bonchev–Trinajstić information content (AvgIpc) is 2.87. The minimum absolute atomic E-state index is 0.0787. The van der Waals surface area contributed by atoms with E-state index in [1.165, 1.54) is 6.07 Å². The first-order valence-corrected chi connectivity index (χ1v) is 8.25. The number of carbonyl (C=O) groups excluding carboxylic acids is 4. The Morgan fingerprint density at radius 1 is 1.15 bits per heavy atom. The number of hydrogen-bond donors (Lipinski definition) is 1. The zero-order valence-corrected chi connectivity index (χ0v) is 13.9. The molecule has 0 radical (unpaired) electrons. The molecule has 1 aromatic carbocycles. The van der Waals surface area contributed by atoms with Gasteiger partial charge in [-0.15, -0.1) is 0 Å². The van der Waals surface area contributed by atoms with Crippen molar-refractivity contribution >= 4 is 23.6 Å². The number of piperidine rings is 1. The molecule has 1 saturated heterocycles. The summed E-state index contributed by atoms with van der Waals surface area (Å²) in [6, 6.07) is 5.86. The van der Waals surface area contributed by atoms with Crippen LogP contribution in [0.25, 0.3) is 0 Å². The maximum absolute atomic E-state index is 12.8. The Hall–Kier alpha value is -3.45. The van der Waals surface area contributed by atoms with Gasteiger partial charge in [-0.1, -0.05) is 17.9 Å². The van der Waals surface area contributed by atoms with Crippen LogP contribution in [0.5, 0.6) is 0 Å². The maximum atomic E-state index is 12.8. The molecule has 26 heavy (non-hydrogen) atoms. The fraction of sp³-hybridized carbons (Fsp3) is 0.316. The molecule has 1 fully saturated rings. The van der Waals surface area contributed by atoms with Crippen LogP contribution in [0.2, 0.25) is 0 Å². The van der Waals surface area contributed by atoms with Gasteiger partial charge in [-0.05, 0) is 25.0 Å². The van der Waals surface area contributed by atoms with Crippen molar-refractivity contribution in [3.63, 3.8) is 0 Å². The van der Waals surface area contributed by atoms with Gasteiger partial charge in [0.25, 0.3) is 11.8 Å². The van der Waals surface area contributed by atoms with Crippen LogP contribution < -0.4 is 5.32 Å². The molecule has 1 N–H and O–H groups in total. The van der Waals surface area contributed by atoms with Crippen molar-refractivity contribution in [2.75, 3.05) is 0 Å². The lowest BCUT2D eigenvalue weighted by Crippen LogP contribution is -2.54. The molecule has 2 aliphatic heterocycles. The van der Waals surface area contributed by atoms with Crippen LogP contribution >= 0.6 is 0 Å². The molecule has 0 spiro atoms. The van der Waals surface area contributed by atoms with E-state index >= 15 is 0 Å². The number of unbranched alkanes of at least 4 members (excludes halogenated alkanes) is 2. The van der Waals surface area contributed by atoms with Crippen molar-refractivity contribution in [3.05, 3.63) is 34.9 Å². The van der Waals surface area contributed by atoms with E-state index in [4.69, 9.17) is 5.26 Å². The Kier molecular flexibility index (Phi) is 4.81. The highest BCUT2D eigenvalue weighted by Crippen LogP contribution is 2.29. The molecular weight excluding hydrogens is 334 g/mol.